The summed E-state index contributed by atoms with van der Waals surface area (Å²) in [6.07, 6.45) is 3.48. The lowest BCUT2D eigenvalue weighted by Crippen LogP contribution is -2.41. The van der Waals surface area contributed by atoms with Crippen LogP contribution in [0, 0.1) is 0 Å². The van der Waals surface area contributed by atoms with Gasteiger partial charge in [0.05, 0.1) is 12.1 Å². The van der Waals surface area contributed by atoms with Crippen LogP contribution in [0.4, 0.5) is 0 Å². The van der Waals surface area contributed by atoms with E-state index in [-0.39, 0.29) is 5.97 Å². The third kappa shape index (κ3) is 4.11. The fraction of sp³-hybridized carbons (Fsp3) is 0.259. The highest BCUT2D eigenvalue weighted by Gasteiger charge is 2.42. The fourth-order valence-electron chi connectivity index (χ4n) is 4.61. The topological polar surface area (TPSA) is 55.4 Å². The Kier molecular flexibility index (Phi) is 6.17. The molecule has 0 atom stereocenters. The molecule has 1 aliphatic carbocycles. The van der Waals surface area contributed by atoms with Crippen LogP contribution in [0.5, 0.6) is 0 Å². The minimum Gasteiger partial charge on any atom is -0.466 e. The van der Waals surface area contributed by atoms with Gasteiger partial charge in [0.1, 0.15) is 0 Å². The van der Waals surface area contributed by atoms with Gasteiger partial charge in [0.2, 0.25) is 6.41 Å². The smallest absolute Gasteiger partial charge is 0.306 e. The van der Waals surface area contributed by atoms with Crippen LogP contribution in [0.1, 0.15) is 42.0 Å². The number of carbonyl (C=O) groups is 2. The van der Waals surface area contributed by atoms with Gasteiger partial charge < -0.3 is 10.1 Å². The maximum atomic E-state index is 11.7. The van der Waals surface area contributed by atoms with Gasteiger partial charge in [0, 0.05) is 6.42 Å². The van der Waals surface area contributed by atoms with Gasteiger partial charge in [-0.3, -0.25) is 9.59 Å². The first kappa shape index (κ1) is 20.9. The molecule has 0 unspecified atom stereocenters. The number of nitrogens with one attached hydrogen (secondary N) is 1. The highest BCUT2D eigenvalue weighted by molar-refractivity contribution is 5.82. The number of hydrogen-bond acceptors (Lipinski definition) is 3. The van der Waals surface area contributed by atoms with Crippen molar-refractivity contribution in [2.45, 2.75) is 38.1 Å². The molecule has 3 aromatic rings. The summed E-state index contributed by atoms with van der Waals surface area (Å²) >= 11 is 0. The number of rotatable bonds is 9. The van der Waals surface area contributed by atoms with Gasteiger partial charge in [-0.25, -0.2) is 0 Å². The molecule has 4 heteroatoms. The Labute approximate surface area is 183 Å². The lowest BCUT2D eigenvalue weighted by molar-refractivity contribution is -0.143. The molecule has 4 rings (SSSR count). The third-order valence-electron chi connectivity index (χ3n) is 6.10. The lowest BCUT2D eigenvalue weighted by Gasteiger charge is -2.31. The second kappa shape index (κ2) is 9.17. The molecule has 0 saturated carbocycles. The highest BCUT2D eigenvalue weighted by atomic mass is 16.5. The number of aryl methyl sites for hydroxylation is 2. The third-order valence-corrected chi connectivity index (χ3v) is 6.10. The molecule has 1 N–H and O–H groups in total. The predicted octanol–water partition coefficient (Wildman–Crippen LogP) is 4.79. The maximum Gasteiger partial charge on any atom is 0.306 e. The van der Waals surface area contributed by atoms with Crippen molar-refractivity contribution in [3.63, 3.8) is 0 Å². The molecule has 0 aromatic heterocycles. The van der Waals surface area contributed by atoms with Crippen LogP contribution in [0.15, 0.2) is 72.8 Å². The van der Waals surface area contributed by atoms with Gasteiger partial charge in [0.15, 0.2) is 0 Å². The molecular formula is C27H27NO3. The first-order valence-corrected chi connectivity index (χ1v) is 10.8. The summed E-state index contributed by atoms with van der Waals surface area (Å²) in [6.45, 7) is 2.24. The number of carbonyl (C=O) groups excluding carboxylic acids is 2. The maximum absolute atomic E-state index is 11.7. The van der Waals surface area contributed by atoms with Gasteiger partial charge in [0.25, 0.3) is 0 Å². The van der Waals surface area contributed by atoms with Crippen molar-refractivity contribution < 1.29 is 14.3 Å². The van der Waals surface area contributed by atoms with E-state index in [0.717, 1.165) is 35.9 Å². The summed E-state index contributed by atoms with van der Waals surface area (Å²) in [5, 5.41) is 3.16. The van der Waals surface area contributed by atoms with E-state index in [9.17, 15) is 9.59 Å². The summed E-state index contributed by atoms with van der Waals surface area (Å²) < 4.78 is 5.00. The summed E-state index contributed by atoms with van der Waals surface area (Å²) in [5.41, 5.74) is 6.45. The van der Waals surface area contributed by atoms with E-state index >= 15 is 0 Å². The van der Waals surface area contributed by atoms with Crippen molar-refractivity contribution in [1.82, 2.24) is 5.32 Å². The van der Waals surface area contributed by atoms with Crippen LogP contribution in [0.2, 0.25) is 0 Å². The highest BCUT2D eigenvalue weighted by Crippen LogP contribution is 2.49. The Morgan fingerprint density at radius 3 is 1.97 bits per heavy atom. The molecular weight excluding hydrogens is 386 g/mol. The predicted molar refractivity (Wildman–Crippen MR) is 122 cm³/mol. The Morgan fingerprint density at radius 1 is 0.871 bits per heavy atom. The van der Waals surface area contributed by atoms with Crippen LogP contribution in [-0.2, 0) is 32.7 Å². The zero-order valence-corrected chi connectivity index (χ0v) is 17.8. The lowest BCUT2D eigenvalue weighted by atomic mass is 9.82. The Morgan fingerprint density at radius 2 is 1.42 bits per heavy atom. The summed E-state index contributed by atoms with van der Waals surface area (Å²) in [4.78, 5) is 23.2. The number of benzene rings is 3. The molecule has 4 nitrogen and oxygen atoms in total. The van der Waals surface area contributed by atoms with E-state index in [0.29, 0.717) is 19.4 Å². The standard InChI is InChI=1S/C27H27NO3/c1-2-31-26(30)16-15-20-11-13-21(14-12-20)17-18-27(28-19-29)24-9-5-3-7-22(24)23-8-4-6-10-25(23)27/h3-14,19H,2,15-18H2,1H3,(H,28,29). The molecule has 0 bridgehead atoms. The van der Waals surface area contributed by atoms with E-state index < -0.39 is 5.54 Å². The molecule has 3 aromatic carbocycles. The van der Waals surface area contributed by atoms with Gasteiger partial charge in [-0.1, -0.05) is 72.8 Å². The number of amides is 1. The van der Waals surface area contributed by atoms with Gasteiger partial charge >= 0.3 is 5.97 Å². The van der Waals surface area contributed by atoms with Crippen LogP contribution in [0.3, 0.4) is 0 Å². The van der Waals surface area contributed by atoms with Gasteiger partial charge in [-0.2, -0.15) is 0 Å². The second-order valence-electron chi connectivity index (χ2n) is 7.88. The first-order chi connectivity index (χ1) is 15.2. The van der Waals surface area contributed by atoms with Crippen LogP contribution in [-0.4, -0.2) is 19.0 Å². The van der Waals surface area contributed by atoms with Crippen LogP contribution in [0.25, 0.3) is 11.1 Å². The van der Waals surface area contributed by atoms with Gasteiger partial charge in [-0.15, -0.1) is 0 Å². The van der Waals surface area contributed by atoms with E-state index in [1.54, 1.807) is 0 Å². The zero-order chi connectivity index (χ0) is 21.7. The van der Waals surface area contributed by atoms with E-state index in [2.05, 4.69) is 53.8 Å². The van der Waals surface area contributed by atoms with E-state index in [4.69, 9.17) is 4.74 Å². The van der Waals surface area contributed by atoms with Crippen molar-refractivity contribution in [3.05, 3.63) is 95.1 Å². The number of fused-ring (bicyclic) bond motifs is 3. The summed E-state index contributed by atoms with van der Waals surface area (Å²) in [6, 6.07) is 25.0. The minimum atomic E-state index is -0.530. The normalized spacial score (nSPS) is 13.2. The summed E-state index contributed by atoms with van der Waals surface area (Å²) in [5.74, 6) is -0.160. The van der Waals surface area contributed by atoms with Crippen LogP contribution < -0.4 is 5.32 Å². The fourth-order valence-corrected chi connectivity index (χ4v) is 4.61. The van der Waals surface area contributed by atoms with Crippen molar-refractivity contribution in [3.8, 4) is 11.1 Å². The molecule has 0 aliphatic heterocycles. The molecule has 0 spiro atoms. The van der Waals surface area contributed by atoms with Crippen molar-refractivity contribution in [1.29, 1.82) is 0 Å². The summed E-state index contributed by atoms with van der Waals surface area (Å²) in [7, 11) is 0. The molecule has 1 aliphatic rings. The largest absolute Gasteiger partial charge is 0.466 e. The van der Waals surface area contributed by atoms with Crippen molar-refractivity contribution in [2.75, 3.05) is 6.61 Å². The van der Waals surface area contributed by atoms with E-state index in [1.807, 2.05) is 31.2 Å². The quantitative estimate of drug-likeness (QED) is 0.406. The average molecular weight is 414 g/mol. The minimum absolute atomic E-state index is 0.160. The molecule has 1 amide bonds. The Balaban J connectivity index is 1.54. The number of ether oxygens (including phenoxy) is 1. The monoisotopic (exact) mass is 413 g/mol. The SMILES string of the molecule is CCOC(=O)CCc1ccc(CCC2(NC=O)c3ccccc3-c3ccccc32)cc1. The molecule has 0 heterocycles. The second-order valence-corrected chi connectivity index (χ2v) is 7.88. The van der Waals surface area contributed by atoms with Gasteiger partial charge in [-0.05, 0) is 59.6 Å². The Hall–Kier alpha value is -3.40. The average Bonchev–Trinajstić information content (AvgIpc) is 3.08. The van der Waals surface area contributed by atoms with Crippen molar-refractivity contribution >= 4 is 12.4 Å². The molecule has 0 radical (unpaired) electrons. The van der Waals surface area contributed by atoms with E-state index in [1.165, 1.54) is 16.7 Å². The zero-order valence-electron chi connectivity index (χ0n) is 17.8. The first-order valence-electron chi connectivity index (χ1n) is 10.8. The van der Waals surface area contributed by atoms with Crippen molar-refractivity contribution in [2.24, 2.45) is 0 Å². The molecule has 158 valence electrons. The Bertz CT molecular complexity index is 1030. The van der Waals surface area contributed by atoms with Crippen LogP contribution >= 0.6 is 0 Å². The molecule has 0 fully saturated rings. The number of hydrogen-bond donors (Lipinski definition) is 1. The molecule has 31 heavy (non-hydrogen) atoms. The number of esters is 1. The molecule has 0 saturated heterocycles.